The van der Waals surface area contributed by atoms with Crippen LogP contribution < -0.4 is 9.80 Å². The molecule has 0 spiro atoms. The third kappa shape index (κ3) is 5.18. The number of anilines is 2. The number of benzene rings is 4. The van der Waals surface area contributed by atoms with Crippen LogP contribution in [0.4, 0.5) is 11.4 Å². The predicted octanol–water partition coefficient (Wildman–Crippen LogP) is 8.51. The molecule has 0 N–H and O–H groups in total. The summed E-state index contributed by atoms with van der Waals surface area (Å²) in [5.74, 6) is 0. The maximum absolute atomic E-state index is 13.7. The van der Waals surface area contributed by atoms with Crippen molar-refractivity contribution in [3.8, 4) is 0 Å². The summed E-state index contributed by atoms with van der Waals surface area (Å²) in [6.07, 6.45) is 0.591. The Bertz CT molecular complexity index is 1340. The lowest BCUT2D eigenvalue weighted by Gasteiger charge is -2.36. The second-order valence-electron chi connectivity index (χ2n) is 9.38. The van der Waals surface area contributed by atoms with Crippen molar-refractivity contribution in [2.75, 3.05) is 22.9 Å². The molecule has 0 radical (unpaired) electrons. The molecule has 192 valence electrons. The summed E-state index contributed by atoms with van der Waals surface area (Å²) < 4.78 is 26.2. The molecule has 0 amide bonds. The van der Waals surface area contributed by atoms with E-state index in [2.05, 4.69) is 21.9 Å². The van der Waals surface area contributed by atoms with Gasteiger partial charge in [0, 0.05) is 50.2 Å². The van der Waals surface area contributed by atoms with Crippen molar-refractivity contribution >= 4 is 42.8 Å². The van der Waals surface area contributed by atoms with Crippen LogP contribution in [0, 0.1) is 0 Å². The fraction of sp³-hybridized carbons (Fsp3) is 0.200. The second-order valence-corrected chi connectivity index (χ2v) is 11.1. The summed E-state index contributed by atoms with van der Waals surface area (Å²) >= 11 is 12.3. The first-order valence-electron chi connectivity index (χ1n) is 12.6. The quantitative estimate of drug-likeness (QED) is 0.220. The Morgan fingerprint density at radius 3 is 1.42 bits per heavy atom. The number of halogens is 2. The fourth-order valence-corrected chi connectivity index (χ4v) is 6.35. The lowest BCUT2D eigenvalue weighted by molar-refractivity contribution is 0.119. The number of hydrogen-bond donors (Lipinski definition) is 0. The standard InChI is InChI=1S/C30H26Cl2N2O3P/c31-23-9-13-25(14-10-23)33-19-17-21-5-1-3-7-27(21)29(33)36-38(35)37-30-28-8-4-2-6-22(28)18-20-34(30)26-15-11-24(32)12-16-26/h1-16,29-30H,17-20H2/q+1/t29-,30-/m0/s1. The highest BCUT2D eigenvalue weighted by molar-refractivity contribution is 7.33. The number of fused-ring (bicyclic) bond motifs is 2. The molecule has 0 saturated carbocycles. The summed E-state index contributed by atoms with van der Waals surface area (Å²) in [5.41, 5.74) is 6.22. The van der Waals surface area contributed by atoms with Gasteiger partial charge < -0.3 is 9.80 Å². The Balaban J connectivity index is 1.31. The normalized spacial score (nSPS) is 18.6. The highest BCUT2D eigenvalue weighted by atomic mass is 35.5. The van der Waals surface area contributed by atoms with E-state index in [0.29, 0.717) is 10.0 Å². The molecule has 0 aliphatic carbocycles. The summed E-state index contributed by atoms with van der Waals surface area (Å²) in [6, 6.07) is 31.5. The molecule has 0 fully saturated rings. The van der Waals surface area contributed by atoms with Gasteiger partial charge in [-0.25, -0.2) is 0 Å². The van der Waals surface area contributed by atoms with Gasteiger partial charge in [0.2, 0.25) is 12.5 Å². The maximum atomic E-state index is 13.7. The molecule has 4 aromatic rings. The van der Waals surface area contributed by atoms with Gasteiger partial charge in [-0.15, -0.1) is 0 Å². The van der Waals surface area contributed by atoms with Gasteiger partial charge in [-0.1, -0.05) is 80.8 Å². The van der Waals surface area contributed by atoms with Crippen LogP contribution in [0.3, 0.4) is 0 Å². The van der Waals surface area contributed by atoms with Gasteiger partial charge in [0.25, 0.3) is 0 Å². The van der Waals surface area contributed by atoms with Gasteiger partial charge >= 0.3 is 8.25 Å². The van der Waals surface area contributed by atoms with Crippen LogP contribution in [-0.2, 0) is 26.5 Å². The maximum Gasteiger partial charge on any atom is 0.702 e. The SMILES string of the molecule is O=[P+](O[C@H]1c2ccccc2CCN1c1ccc(Cl)cc1)O[C@H]1c2ccccc2CCN1c1ccc(Cl)cc1. The van der Waals surface area contributed by atoms with Crippen LogP contribution in [0.5, 0.6) is 0 Å². The van der Waals surface area contributed by atoms with Crippen LogP contribution in [0.1, 0.15) is 34.7 Å². The molecule has 5 nitrogen and oxygen atoms in total. The zero-order chi connectivity index (χ0) is 26.1. The zero-order valence-corrected chi connectivity index (χ0v) is 22.9. The van der Waals surface area contributed by atoms with Crippen molar-refractivity contribution in [2.45, 2.75) is 25.3 Å². The minimum Gasteiger partial charge on any atom is -0.338 e. The third-order valence-electron chi connectivity index (χ3n) is 7.14. The lowest BCUT2D eigenvalue weighted by atomic mass is 9.98. The van der Waals surface area contributed by atoms with E-state index >= 15 is 0 Å². The molecule has 6 rings (SSSR count). The summed E-state index contributed by atoms with van der Waals surface area (Å²) in [7, 11) is -2.51. The molecular formula is C30H26Cl2N2O3P+. The zero-order valence-electron chi connectivity index (χ0n) is 20.5. The number of nitrogens with zero attached hydrogens (tertiary/aromatic N) is 2. The van der Waals surface area contributed by atoms with Gasteiger partial charge in [0.15, 0.2) is 0 Å². The third-order valence-corrected chi connectivity index (χ3v) is 8.39. The van der Waals surface area contributed by atoms with E-state index in [9.17, 15) is 4.57 Å². The Kier molecular flexibility index (Phi) is 7.38. The van der Waals surface area contributed by atoms with Crippen LogP contribution in [0.25, 0.3) is 0 Å². The Hall–Kier alpha value is -2.92. The van der Waals surface area contributed by atoms with E-state index in [-0.39, 0.29) is 0 Å². The van der Waals surface area contributed by atoms with Crippen molar-refractivity contribution in [1.82, 2.24) is 0 Å². The van der Waals surface area contributed by atoms with E-state index in [4.69, 9.17) is 32.2 Å². The number of rotatable bonds is 6. The highest BCUT2D eigenvalue weighted by Gasteiger charge is 2.42. The molecular weight excluding hydrogens is 538 g/mol. The largest absolute Gasteiger partial charge is 0.702 e. The van der Waals surface area contributed by atoms with E-state index in [0.717, 1.165) is 48.4 Å². The van der Waals surface area contributed by atoms with Crippen LogP contribution in [0.15, 0.2) is 97.1 Å². The topological polar surface area (TPSA) is 42.0 Å². The van der Waals surface area contributed by atoms with E-state index in [1.807, 2.05) is 84.9 Å². The fourth-order valence-electron chi connectivity index (χ4n) is 5.27. The minimum absolute atomic E-state index is 0.562. The van der Waals surface area contributed by atoms with E-state index in [1.54, 1.807) is 0 Å². The van der Waals surface area contributed by atoms with Crippen LogP contribution >= 0.6 is 31.5 Å². The molecule has 0 aromatic heterocycles. The average Bonchev–Trinajstić information content (AvgIpc) is 2.94. The Labute approximate surface area is 233 Å². The predicted molar refractivity (Wildman–Crippen MR) is 153 cm³/mol. The first-order valence-corrected chi connectivity index (χ1v) is 14.4. The average molecular weight is 564 g/mol. The monoisotopic (exact) mass is 563 g/mol. The van der Waals surface area contributed by atoms with Crippen molar-refractivity contribution < 1.29 is 13.6 Å². The van der Waals surface area contributed by atoms with E-state index < -0.39 is 20.7 Å². The molecule has 38 heavy (non-hydrogen) atoms. The minimum atomic E-state index is -2.51. The van der Waals surface area contributed by atoms with Crippen molar-refractivity contribution in [3.63, 3.8) is 0 Å². The highest BCUT2D eigenvalue weighted by Crippen LogP contribution is 2.46. The summed E-state index contributed by atoms with van der Waals surface area (Å²) in [4.78, 5) is 4.22. The van der Waals surface area contributed by atoms with Gasteiger partial charge in [-0.2, -0.15) is 0 Å². The van der Waals surface area contributed by atoms with Gasteiger partial charge in [0.05, 0.1) is 0 Å². The van der Waals surface area contributed by atoms with Crippen molar-refractivity contribution in [3.05, 3.63) is 129 Å². The molecule has 2 atom stereocenters. The molecule has 0 unspecified atom stereocenters. The van der Waals surface area contributed by atoms with Crippen molar-refractivity contribution in [2.24, 2.45) is 0 Å². The Morgan fingerprint density at radius 1 is 0.605 bits per heavy atom. The molecule has 0 saturated heterocycles. The number of hydrogen-bond acceptors (Lipinski definition) is 5. The molecule has 2 aliphatic rings. The lowest BCUT2D eigenvalue weighted by Crippen LogP contribution is -2.37. The Morgan fingerprint density at radius 2 is 1.00 bits per heavy atom. The first-order chi connectivity index (χ1) is 18.6. The molecule has 4 aromatic carbocycles. The van der Waals surface area contributed by atoms with E-state index in [1.165, 1.54) is 11.1 Å². The van der Waals surface area contributed by atoms with Gasteiger partial charge in [-0.05, 0) is 72.5 Å². The van der Waals surface area contributed by atoms with Crippen LogP contribution in [-0.4, -0.2) is 13.1 Å². The van der Waals surface area contributed by atoms with Gasteiger partial charge in [0.1, 0.15) is 0 Å². The molecule has 8 heteroatoms. The first kappa shape index (κ1) is 25.4. The summed E-state index contributed by atoms with van der Waals surface area (Å²) in [5, 5.41) is 1.33. The molecule has 2 aliphatic heterocycles. The summed E-state index contributed by atoms with van der Waals surface area (Å²) in [6.45, 7) is 1.44. The molecule has 2 heterocycles. The van der Waals surface area contributed by atoms with Crippen LogP contribution in [0.2, 0.25) is 10.0 Å². The van der Waals surface area contributed by atoms with Gasteiger partial charge in [-0.3, -0.25) is 0 Å². The molecule has 0 bridgehead atoms. The smallest absolute Gasteiger partial charge is 0.338 e. The second kappa shape index (κ2) is 11.1. The van der Waals surface area contributed by atoms with Crippen molar-refractivity contribution in [1.29, 1.82) is 0 Å².